The lowest BCUT2D eigenvalue weighted by Crippen LogP contribution is -2.36. The molecule has 0 aromatic heterocycles. The Balaban J connectivity index is 2.12. The standard InChI is InChI=1S/C13H17IO/c1-13(10-14,15-12-8-5-9-12)11-6-3-2-4-7-11/h2-4,6-7,12H,5,8-10H2,1H3. The predicted molar refractivity (Wildman–Crippen MR) is 71.4 cm³/mol. The monoisotopic (exact) mass is 316 g/mol. The molecule has 0 saturated heterocycles. The summed E-state index contributed by atoms with van der Waals surface area (Å²) in [5, 5.41) is 0. The fraction of sp³-hybridized carbons (Fsp3) is 0.538. The number of hydrogen-bond acceptors (Lipinski definition) is 1. The Hall–Kier alpha value is -0.0900. The summed E-state index contributed by atoms with van der Waals surface area (Å²) in [6, 6.07) is 10.6. The lowest BCUT2D eigenvalue weighted by molar-refractivity contribution is -0.102. The molecule has 0 amide bonds. The van der Waals surface area contributed by atoms with Crippen LogP contribution in [-0.4, -0.2) is 10.5 Å². The van der Waals surface area contributed by atoms with Gasteiger partial charge in [-0.3, -0.25) is 0 Å². The first-order valence-corrected chi connectivity index (χ1v) is 7.06. The van der Waals surface area contributed by atoms with Crippen molar-refractivity contribution in [3.63, 3.8) is 0 Å². The zero-order valence-electron chi connectivity index (χ0n) is 9.08. The number of alkyl halides is 1. The smallest absolute Gasteiger partial charge is 0.0996 e. The summed E-state index contributed by atoms with van der Waals surface area (Å²) >= 11 is 2.42. The Labute approximate surface area is 105 Å². The molecule has 1 aliphatic rings. The maximum atomic E-state index is 6.20. The van der Waals surface area contributed by atoms with Gasteiger partial charge in [0.05, 0.1) is 11.7 Å². The molecule has 0 heterocycles. The molecule has 0 spiro atoms. The molecule has 2 heteroatoms. The summed E-state index contributed by atoms with van der Waals surface area (Å²) in [7, 11) is 0. The summed E-state index contributed by atoms with van der Waals surface area (Å²) in [5.74, 6) is 0. The molecule has 0 bridgehead atoms. The van der Waals surface area contributed by atoms with Gasteiger partial charge in [0.25, 0.3) is 0 Å². The predicted octanol–water partition coefficient (Wildman–Crippen LogP) is 3.91. The van der Waals surface area contributed by atoms with Crippen molar-refractivity contribution in [2.24, 2.45) is 0 Å². The Bertz CT molecular complexity index is 308. The Morgan fingerprint density at radius 3 is 2.47 bits per heavy atom. The van der Waals surface area contributed by atoms with Gasteiger partial charge in [0, 0.05) is 4.43 Å². The molecule has 1 unspecified atom stereocenters. The highest BCUT2D eigenvalue weighted by atomic mass is 127. The van der Waals surface area contributed by atoms with Crippen LogP contribution in [0.25, 0.3) is 0 Å². The van der Waals surface area contributed by atoms with Crippen LogP contribution in [0, 0.1) is 0 Å². The number of rotatable bonds is 4. The van der Waals surface area contributed by atoms with Gasteiger partial charge in [-0.2, -0.15) is 0 Å². The van der Waals surface area contributed by atoms with Crippen molar-refractivity contribution in [1.82, 2.24) is 0 Å². The van der Waals surface area contributed by atoms with Crippen LogP contribution in [0.15, 0.2) is 30.3 Å². The zero-order chi connectivity index (χ0) is 10.7. The maximum absolute atomic E-state index is 6.20. The third-order valence-electron chi connectivity index (χ3n) is 3.12. The lowest BCUT2D eigenvalue weighted by Gasteiger charge is -2.37. The second kappa shape index (κ2) is 4.83. The quantitative estimate of drug-likeness (QED) is 0.604. The summed E-state index contributed by atoms with van der Waals surface area (Å²) < 4.78 is 7.21. The molecule has 1 fully saturated rings. The molecule has 1 aliphatic carbocycles. The second-order valence-corrected chi connectivity index (χ2v) is 5.16. The van der Waals surface area contributed by atoms with Crippen LogP contribution in [-0.2, 0) is 10.3 Å². The SMILES string of the molecule is CC(CI)(OC1CCC1)c1ccccc1. The fourth-order valence-electron chi connectivity index (χ4n) is 1.82. The highest BCUT2D eigenvalue weighted by Gasteiger charge is 2.32. The van der Waals surface area contributed by atoms with E-state index in [1.54, 1.807) is 0 Å². The highest BCUT2D eigenvalue weighted by Crippen LogP contribution is 2.34. The van der Waals surface area contributed by atoms with E-state index >= 15 is 0 Å². The van der Waals surface area contributed by atoms with E-state index in [1.165, 1.54) is 24.8 Å². The average Bonchev–Trinajstić information content (AvgIpc) is 2.24. The number of halogens is 1. The largest absolute Gasteiger partial charge is 0.367 e. The normalized spacial score (nSPS) is 20.7. The van der Waals surface area contributed by atoms with Gasteiger partial charge in [0.15, 0.2) is 0 Å². The van der Waals surface area contributed by atoms with Gasteiger partial charge >= 0.3 is 0 Å². The minimum absolute atomic E-state index is 0.104. The molecule has 1 aromatic carbocycles. The zero-order valence-corrected chi connectivity index (χ0v) is 11.2. The Kier molecular flexibility index (Phi) is 3.67. The van der Waals surface area contributed by atoms with Crippen LogP contribution in [0.4, 0.5) is 0 Å². The molecule has 0 N–H and O–H groups in total. The van der Waals surface area contributed by atoms with Crippen molar-refractivity contribution in [3.8, 4) is 0 Å². The molecule has 0 aliphatic heterocycles. The van der Waals surface area contributed by atoms with Gasteiger partial charge in [-0.25, -0.2) is 0 Å². The maximum Gasteiger partial charge on any atom is 0.0996 e. The summed E-state index contributed by atoms with van der Waals surface area (Å²) in [4.78, 5) is 0. The lowest BCUT2D eigenvalue weighted by atomic mass is 9.92. The van der Waals surface area contributed by atoms with Crippen molar-refractivity contribution < 1.29 is 4.74 Å². The molecular formula is C13H17IO. The molecule has 1 saturated carbocycles. The minimum atomic E-state index is -0.104. The molecule has 1 atom stereocenters. The first kappa shape index (κ1) is 11.4. The number of ether oxygens (including phenoxy) is 1. The van der Waals surface area contributed by atoms with Crippen LogP contribution < -0.4 is 0 Å². The average molecular weight is 316 g/mol. The molecule has 82 valence electrons. The summed E-state index contributed by atoms with van der Waals surface area (Å²) in [6.07, 6.45) is 4.29. The first-order chi connectivity index (χ1) is 7.24. The molecule has 1 aromatic rings. The van der Waals surface area contributed by atoms with Gasteiger partial charge in [-0.1, -0.05) is 52.9 Å². The van der Waals surface area contributed by atoms with E-state index in [4.69, 9.17) is 4.74 Å². The molecule has 0 radical (unpaired) electrons. The summed E-state index contributed by atoms with van der Waals surface area (Å²) in [6.45, 7) is 2.20. The van der Waals surface area contributed by atoms with Gasteiger partial charge in [-0.05, 0) is 31.7 Å². The fourth-order valence-corrected chi connectivity index (χ4v) is 2.44. The van der Waals surface area contributed by atoms with Gasteiger partial charge in [0.1, 0.15) is 0 Å². The second-order valence-electron chi connectivity index (χ2n) is 4.40. The van der Waals surface area contributed by atoms with Gasteiger partial charge in [0.2, 0.25) is 0 Å². The van der Waals surface area contributed by atoms with Crippen molar-refractivity contribution in [2.45, 2.75) is 37.9 Å². The molecule has 15 heavy (non-hydrogen) atoms. The topological polar surface area (TPSA) is 9.23 Å². The van der Waals surface area contributed by atoms with E-state index in [-0.39, 0.29) is 5.60 Å². The summed E-state index contributed by atoms with van der Waals surface area (Å²) in [5.41, 5.74) is 1.19. The third kappa shape index (κ3) is 2.53. The minimum Gasteiger partial charge on any atom is -0.367 e. The third-order valence-corrected chi connectivity index (χ3v) is 4.57. The van der Waals surface area contributed by atoms with Crippen LogP contribution in [0.2, 0.25) is 0 Å². The van der Waals surface area contributed by atoms with E-state index in [1.807, 2.05) is 0 Å². The van der Waals surface area contributed by atoms with Crippen molar-refractivity contribution in [3.05, 3.63) is 35.9 Å². The van der Waals surface area contributed by atoms with Gasteiger partial charge < -0.3 is 4.74 Å². The van der Waals surface area contributed by atoms with E-state index in [2.05, 4.69) is 59.8 Å². The van der Waals surface area contributed by atoms with Crippen molar-refractivity contribution in [2.75, 3.05) is 4.43 Å². The molecule has 2 rings (SSSR count). The van der Waals surface area contributed by atoms with Crippen LogP contribution in [0.1, 0.15) is 31.7 Å². The van der Waals surface area contributed by atoms with E-state index in [0.29, 0.717) is 6.10 Å². The van der Waals surface area contributed by atoms with Crippen LogP contribution >= 0.6 is 22.6 Å². The first-order valence-electron chi connectivity index (χ1n) is 5.54. The van der Waals surface area contributed by atoms with Gasteiger partial charge in [-0.15, -0.1) is 0 Å². The van der Waals surface area contributed by atoms with Crippen LogP contribution in [0.3, 0.4) is 0 Å². The Morgan fingerprint density at radius 1 is 1.33 bits per heavy atom. The highest BCUT2D eigenvalue weighted by molar-refractivity contribution is 14.1. The molecular weight excluding hydrogens is 299 g/mol. The van der Waals surface area contributed by atoms with E-state index in [0.717, 1.165) is 4.43 Å². The molecule has 1 nitrogen and oxygen atoms in total. The Morgan fingerprint density at radius 2 is 2.00 bits per heavy atom. The van der Waals surface area contributed by atoms with E-state index in [9.17, 15) is 0 Å². The van der Waals surface area contributed by atoms with Crippen molar-refractivity contribution >= 4 is 22.6 Å². The van der Waals surface area contributed by atoms with E-state index < -0.39 is 0 Å². The van der Waals surface area contributed by atoms with Crippen LogP contribution in [0.5, 0.6) is 0 Å². The number of hydrogen-bond donors (Lipinski definition) is 0. The number of benzene rings is 1. The van der Waals surface area contributed by atoms with Crippen molar-refractivity contribution in [1.29, 1.82) is 0 Å².